The predicted molar refractivity (Wildman–Crippen MR) is 99.2 cm³/mol. The molecule has 0 aromatic carbocycles. The summed E-state index contributed by atoms with van der Waals surface area (Å²) < 4.78 is 2.87. The van der Waals surface area contributed by atoms with E-state index in [1.807, 2.05) is 0 Å². The lowest BCUT2D eigenvalue weighted by atomic mass is 10.3. The molecule has 13 nitrogen and oxygen atoms in total. The van der Waals surface area contributed by atoms with Gasteiger partial charge >= 0.3 is 0 Å². The number of nitrogens with two attached hydrogens (primary N) is 1. The van der Waals surface area contributed by atoms with Crippen molar-refractivity contribution in [2.75, 3.05) is 18.4 Å². The van der Waals surface area contributed by atoms with Crippen molar-refractivity contribution in [3.63, 3.8) is 0 Å². The van der Waals surface area contributed by atoms with Gasteiger partial charge in [-0.05, 0) is 6.07 Å². The molecule has 0 radical (unpaired) electrons. The van der Waals surface area contributed by atoms with Gasteiger partial charge in [0.05, 0.1) is 16.8 Å². The number of rotatable bonds is 7. The van der Waals surface area contributed by atoms with Crippen molar-refractivity contribution in [1.82, 2.24) is 19.8 Å². The van der Waals surface area contributed by atoms with Crippen molar-refractivity contribution in [2.24, 2.45) is 25.0 Å². The topological polar surface area (TPSA) is 182 Å². The smallest absolute Gasteiger partial charge is 0.287 e. The van der Waals surface area contributed by atoms with E-state index in [9.17, 15) is 19.7 Å². The van der Waals surface area contributed by atoms with Crippen LogP contribution in [0.2, 0.25) is 0 Å². The van der Waals surface area contributed by atoms with E-state index in [0.717, 1.165) is 0 Å². The molecule has 2 aromatic heterocycles. The summed E-state index contributed by atoms with van der Waals surface area (Å²) in [6, 6.07) is 2.64. The van der Waals surface area contributed by atoms with Gasteiger partial charge in [-0.25, -0.2) is 0 Å². The van der Waals surface area contributed by atoms with E-state index in [1.54, 1.807) is 13.2 Å². The molecule has 0 saturated heterocycles. The predicted octanol–water partition coefficient (Wildman–Crippen LogP) is -0.453. The van der Waals surface area contributed by atoms with E-state index in [1.165, 1.54) is 34.5 Å². The van der Waals surface area contributed by atoms with Gasteiger partial charge in [0.25, 0.3) is 17.5 Å². The number of carbonyl (C=O) groups excluding carboxylic acids is 2. The Hall–Kier alpha value is -4.03. The molecule has 150 valence electrons. The Bertz CT molecular complexity index is 929. The van der Waals surface area contributed by atoms with Crippen LogP contribution in [0.4, 0.5) is 11.4 Å². The summed E-state index contributed by atoms with van der Waals surface area (Å²) in [4.78, 5) is 34.8. The van der Waals surface area contributed by atoms with Gasteiger partial charge in [0.15, 0.2) is 0 Å². The third kappa shape index (κ3) is 4.78. The van der Waals surface area contributed by atoms with Gasteiger partial charge in [-0.2, -0.15) is 0 Å². The molecular formula is C15H20N8O5. The third-order valence-electron chi connectivity index (χ3n) is 3.75. The van der Waals surface area contributed by atoms with Crippen LogP contribution in [0.5, 0.6) is 0 Å². The van der Waals surface area contributed by atoms with Gasteiger partial charge < -0.3 is 36.0 Å². The molecule has 0 bridgehead atoms. The highest BCUT2D eigenvalue weighted by Crippen LogP contribution is 2.18. The molecule has 0 aliphatic carbocycles. The van der Waals surface area contributed by atoms with Gasteiger partial charge in [0.1, 0.15) is 11.4 Å². The van der Waals surface area contributed by atoms with Gasteiger partial charge in [0, 0.05) is 39.4 Å². The van der Waals surface area contributed by atoms with Crippen LogP contribution >= 0.6 is 0 Å². The number of nitrogens with one attached hydrogen (secondary N) is 3. The maximum Gasteiger partial charge on any atom is 0.287 e. The summed E-state index contributed by atoms with van der Waals surface area (Å²) in [6.07, 6.45) is 2.78. The molecule has 0 aliphatic heterocycles. The fraction of sp³-hybridized carbons (Fsp3) is 0.267. The zero-order valence-corrected chi connectivity index (χ0v) is 15.2. The summed E-state index contributed by atoms with van der Waals surface area (Å²) in [6.45, 7) is 0.469. The van der Waals surface area contributed by atoms with E-state index in [2.05, 4.69) is 21.1 Å². The molecule has 28 heavy (non-hydrogen) atoms. The van der Waals surface area contributed by atoms with E-state index in [0.29, 0.717) is 5.69 Å². The van der Waals surface area contributed by atoms with Crippen molar-refractivity contribution in [3.8, 4) is 0 Å². The van der Waals surface area contributed by atoms with Crippen molar-refractivity contribution >= 4 is 29.1 Å². The number of aryl methyl sites for hydroxylation is 2. The summed E-state index contributed by atoms with van der Waals surface area (Å²) in [7, 11) is 3.15. The summed E-state index contributed by atoms with van der Waals surface area (Å²) in [5.74, 6) is -1.10. The number of nitro groups is 1. The van der Waals surface area contributed by atoms with Crippen LogP contribution in [-0.4, -0.2) is 50.1 Å². The zero-order valence-electron chi connectivity index (χ0n) is 15.2. The van der Waals surface area contributed by atoms with Crippen molar-refractivity contribution in [2.45, 2.75) is 0 Å². The molecule has 0 spiro atoms. The van der Waals surface area contributed by atoms with Crippen molar-refractivity contribution in [1.29, 1.82) is 0 Å². The number of carbonyl (C=O) groups is 2. The summed E-state index contributed by atoms with van der Waals surface area (Å²) in [5, 5.41) is 29.8. The fourth-order valence-electron chi connectivity index (χ4n) is 2.42. The number of hydrogen-bond donors (Lipinski definition) is 5. The molecular weight excluding hydrogens is 372 g/mol. The molecule has 2 aromatic rings. The van der Waals surface area contributed by atoms with Crippen LogP contribution in [0.3, 0.4) is 0 Å². The Morgan fingerprint density at radius 1 is 1.14 bits per heavy atom. The highest BCUT2D eigenvalue weighted by molar-refractivity contribution is 6.04. The quantitative estimate of drug-likeness (QED) is 0.105. The van der Waals surface area contributed by atoms with Crippen LogP contribution in [-0.2, 0) is 14.1 Å². The number of nitrogens with zero attached hydrogens (tertiary/aromatic N) is 4. The SMILES string of the molecule is Cn1cc(NC(=O)c2cc([N+](=O)[O-])cn2C)cc1C(=O)NCCNC(N)=NO. The number of aromatic nitrogens is 2. The third-order valence-corrected chi connectivity index (χ3v) is 3.75. The zero-order chi connectivity index (χ0) is 20.8. The first-order chi connectivity index (χ1) is 13.2. The lowest BCUT2D eigenvalue weighted by Crippen LogP contribution is -2.38. The first kappa shape index (κ1) is 20.3. The number of amides is 2. The molecule has 2 rings (SSSR count). The minimum absolute atomic E-state index is 0.107. The van der Waals surface area contributed by atoms with Gasteiger partial charge in [-0.3, -0.25) is 19.7 Å². The molecule has 0 aliphatic rings. The minimum atomic E-state index is -0.587. The van der Waals surface area contributed by atoms with Crippen LogP contribution in [0.15, 0.2) is 29.7 Å². The Morgan fingerprint density at radius 2 is 1.75 bits per heavy atom. The van der Waals surface area contributed by atoms with Crippen LogP contribution in [0.25, 0.3) is 0 Å². The van der Waals surface area contributed by atoms with Crippen molar-refractivity contribution in [3.05, 3.63) is 46.0 Å². The lowest BCUT2D eigenvalue weighted by Gasteiger charge is -2.06. The maximum atomic E-state index is 12.3. The fourth-order valence-corrected chi connectivity index (χ4v) is 2.42. The van der Waals surface area contributed by atoms with Crippen LogP contribution < -0.4 is 21.7 Å². The monoisotopic (exact) mass is 392 g/mol. The summed E-state index contributed by atoms with van der Waals surface area (Å²) >= 11 is 0. The van der Waals surface area contributed by atoms with Gasteiger partial charge in [-0.1, -0.05) is 5.16 Å². The number of guanidine groups is 1. The number of anilines is 1. The highest BCUT2D eigenvalue weighted by Gasteiger charge is 2.19. The molecule has 13 heteroatoms. The minimum Gasteiger partial charge on any atom is -0.408 e. The van der Waals surface area contributed by atoms with Gasteiger partial charge in [-0.15, -0.1) is 0 Å². The van der Waals surface area contributed by atoms with E-state index >= 15 is 0 Å². The summed E-state index contributed by atoms with van der Waals surface area (Å²) in [5.41, 5.74) is 5.80. The van der Waals surface area contributed by atoms with Crippen LogP contribution in [0, 0.1) is 10.1 Å². The average Bonchev–Trinajstić information content (AvgIpc) is 3.21. The second kappa shape index (κ2) is 8.57. The Morgan fingerprint density at radius 3 is 2.36 bits per heavy atom. The lowest BCUT2D eigenvalue weighted by molar-refractivity contribution is -0.384. The largest absolute Gasteiger partial charge is 0.408 e. The molecule has 0 unspecified atom stereocenters. The molecule has 2 heterocycles. The van der Waals surface area contributed by atoms with Crippen LogP contribution in [0.1, 0.15) is 21.0 Å². The molecule has 0 atom stereocenters. The molecule has 2 amide bonds. The number of oxime groups is 1. The number of hydrogen-bond acceptors (Lipinski definition) is 6. The van der Waals surface area contributed by atoms with Crippen molar-refractivity contribution < 1.29 is 19.7 Å². The Labute approximate surface area is 158 Å². The molecule has 6 N–H and O–H groups in total. The Kier molecular flexibility index (Phi) is 6.21. The van der Waals surface area contributed by atoms with E-state index in [4.69, 9.17) is 10.9 Å². The second-order valence-electron chi connectivity index (χ2n) is 5.80. The standard InChI is InChI=1S/C15H20N8O5/c1-21-7-9(5-11(21)13(24)17-3-4-18-15(16)20-26)19-14(25)12-6-10(23(27)28)8-22(12)2/h5-8,26H,3-4H2,1-2H3,(H,17,24)(H,19,25)(H3,16,18,20). The molecule has 0 saturated carbocycles. The first-order valence-corrected chi connectivity index (χ1v) is 8.01. The van der Waals surface area contributed by atoms with Gasteiger partial charge in [0.2, 0.25) is 5.96 Å². The second-order valence-corrected chi connectivity index (χ2v) is 5.80. The maximum absolute atomic E-state index is 12.3. The molecule has 0 fully saturated rings. The van der Waals surface area contributed by atoms with E-state index in [-0.39, 0.29) is 42.0 Å². The normalized spacial score (nSPS) is 11.1. The highest BCUT2D eigenvalue weighted by atomic mass is 16.6. The van der Waals surface area contributed by atoms with E-state index < -0.39 is 10.8 Å². The Balaban J connectivity index is 2.00. The average molecular weight is 392 g/mol. The first-order valence-electron chi connectivity index (χ1n) is 8.01.